The van der Waals surface area contributed by atoms with Crippen LogP contribution in [0.25, 0.3) is 11.1 Å². The van der Waals surface area contributed by atoms with E-state index in [2.05, 4.69) is 19.1 Å². The molecule has 2 aromatic rings. The maximum Gasteiger partial charge on any atom is 0.159 e. The zero-order valence-corrected chi connectivity index (χ0v) is 14.3. The number of hydrogen-bond acceptors (Lipinski definition) is 1. The number of hydrogen-bond donors (Lipinski definition) is 0. The maximum atomic E-state index is 13.6. The normalized spacial score (nSPS) is 20.8. The van der Waals surface area contributed by atoms with Crippen molar-refractivity contribution in [3.8, 4) is 16.9 Å². The second-order valence-electron chi connectivity index (χ2n) is 6.71. The number of rotatable bonds is 4. The first-order chi connectivity index (χ1) is 11.6. The Kier molecular flexibility index (Phi) is 5.17. The Balaban J connectivity index is 1.92. The van der Waals surface area contributed by atoms with Gasteiger partial charge in [0.2, 0.25) is 0 Å². The van der Waals surface area contributed by atoms with Crippen molar-refractivity contribution in [2.45, 2.75) is 44.9 Å². The topological polar surface area (TPSA) is 9.23 Å². The van der Waals surface area contributed by atoms with Gasteiger partial charge in [-0.15, -0.1) is 0 Å². The highest BCUT2D eigenvalue weighted by atomic mass is 19.2. The molecule has 2 aromatic carbocycles. The average molecular weight is 330 g/mol. The maximum absolute atomic E-state index is 13.6. The predicted molar refractivity (Wildman–Crippen MR) is 93.3 cm³/mol. The van der Waals surface area contributed by atoms with Crippen molar-refractivity contribution in [2.75, 3.05) is 7.11 Å². The first kappa shape index (κ1) is 16.9. The second-order valence-corrected chi connectivity index (χ2v) is 6.71. The molecule has 0 unspecified atom stereocenters. The lowest BCUT2D eigenvalue weighted by Crippen LogP contribution is -2.12. The fraction of sp³-hybridized carbons (Fsp3) is 0.429. The van der Waals surface area contributed by atoms with Crippen LogP contribution in [0.4, 0.5) is 8.78 Å². The smallest absolute Gasteiger partial charge is 0.159 e. The Labute approximate surface area is 142 Å². The summed E-state index contributed by atoms with van der Waals surface area (Å²) in [7, 11) is 1.60. The third-order valence-corrected chi connectivity index (χ3v) is 5.35. The van der Waals surface area contributed by atoms with Crippen molar-refractivity contribution in [3.63, 3.8) is 0 Å². The summed E-state index contributed by atoms with van der Waals surface area (Å²) in [6.07, 6.45) is 6.20. The largest absolute Gasteiger partial charge is 0.496 e. The van der Waals surface area contributed by atoms with Gasteiger partial charge in [-0.05, 0) is 72.9 Å². The van der Waals surface area contributed by atoms with Crippen LogP contribution in [0.2, 0.25) is 0 Å². The van der Waals surface area contributed by atoms with Crippen LogP contribution in [-0.4, -0.2) is 7.11 Å². The van der Waals surface area contributed by atoms with Gasteiger partial charge in [-0.3, -0.25) is 0 Å². The van der Waals surface area contributed by atoms with Gasteiger partial charge in [0, 0.05) is 5.56 Å². The van der Waals surface area contributed by atoms with E-state index < -0.39 is 11.6 Å². The van der Waals surface area contributed by atoms with Crippen molar-refractivity contribution in [2.24, 2.45) is 5.92 Å². The molecule has 1 saturated carbocycles. The van der Waals surface area contributed by atoms with E-state index in [1.807, 2.05) is 6.07 Å². The summed E-state index contributed by atoms with van der Waals surface area (Å²) in [5, 5.41) is 0. The second kappa shape index (κ2) is 7.33. The van der Waals surface area contributed by atoms with E-state index in [1.165, 1.54) is 49.8 Å². The quantitative estimate of drug-likeness (QED) is 0.637. The Bertz CT molecular complexity index is 703. The van der Waals surface area contributed by atoms with E-state index in [1.54, 1.807) is 13.2 Å². The van der Waals surface area contributed by atoms with E-state index in [9.17, 15) is 8.78 Å². The summed E-state index contributed by atoms with van der Waals surface area (Å²) in [6, 6.07) is 10.2. The summed E-state index contributed by atoms with van der Waals surface area (Å²) in [4.78, 5) is 0. The fourth-order valence-corrected chi connectivity index (χ4v) is 3.77. The SMILES string of the molecule is CCC1CCC(c2ccc(OC)c(-c3ccc(F)c(F)c3)c2)CC1. The highest BCUT2D eigenvalue weighted by Crippen LogP contribution is 2.40. The number of methoxy groups -OCH3 is 1. The molecule has 0 saturated heterocycles. The Hall–Kier alpha value is -1.90. The van der Waals surface area contributed by atoms with Crippen molar-refractivity contribution < 1.29 is 13.5 Å². The Morgan fingerprint density at radius 1 is 0.958 bits per heavy atom. The van der Waals surface area contributed by atoms with Crippen LogP contribution >= 0.6 is 0 Å². The zero-order chi connectivity index (χ0) is 17.1. The molecule has 3 heteroatoms. The van der Waals surface area contributed by atoms with Crippen molar-refractivity contribution in [1.29, 1.82) is 0 Å². The summed E-state index contributed by atoms with van der Waals surface area (Å²) >= 11 is 0. The number of benzene rings is 2. The van der Waals surface area contributed by atoms with Crippen LogP contribution in [0, 0.1) is 17.6 Å². The third-order valence-electron chi connectivity index (χ3n) is 5.35. The molecule has 0 heterocycles. The van der Waals surface area contributed by atoms with Gasteiger partial charge in [0.15, 0.2) is 11.6 Å². The monoisotopic (exact) mass is 330 g/mol. The first-order valence-electron chi connectivity index (χ1n) is 8.75. The van der Waals surface area contributed by atoms with Crippen LogP contribution in [0.15, 0.2) is 36.4 Å². The number of ether oxygens (including phenoxy) is 1. The molecule has 0 aromatic heterocycles. The lowest BCUT2D eigenvalue weighted by molar-refractivity contribution is 0.318. The van der Waals surface area contributed by atoms with Crippen LogP contribution in [-0.2, 0) is 0 Å². The van der Waals surface area contributed by atoms with Gasteiger partial charge in [-0.2, -0.15) is 0 Å². The standard InChI is InChI=1S/C21H24F2O/c1-3-14-4-6-15(7-5-14)16-9-11-21(24-2)18(12-16)17-8-10-19(22)20(23)13-17/h8-15H,3-7H2,1-2H3. The molecule has 24 heavy (non-hydrogen) atoms. The fourth-order valence-electron chi connectivity index (χ4n) is 3.77. The van der Waals surface area contributed by atoms with Crippen molar-refractivity contribution >= 4 is 0 Å². The molecule has 0 radical (unpaired) electrons. The molecule has 1 nitrogen and oxygen atoms in total. The van der Waals surface area contributed by atoms with Crippen LogP contribution in [0.3, 0.4) is 0 Å². The molecule has 0 spiro atoms. The van der Waals surface area contributed by atoms with Crippen molar-refractivity contribution in [1.82, 2.24) is 0 Å². The van der Waals surface area contributed by atoms with E-state index in [4.69, 9.17) is 4.74 Å². The molecule has 3 rings (SSSR count). The van der Waals surface area contributed by atoms with Gasteiger partial charge >= 0.3 is 0 Å². The molecule has 1 fully saturated rings. The van der Waals surface area contributed by atoms with Crippen LogP contribution in [0.1, 0.15) is 50.5 Å². The minimum Gasteiger partial charge on any atom is -0.496 e. The van der Waals surface area contributed by atoms with Gasteiger partial charge in [0.05, 0.1) is 7.11 Å². The molecule has 1 aliphatic carbocycles. The molecule has 0 N–H and O–H groups in total. The minimum absolute atomic E-state index is 0.544. The highest BCUT2D eigenvalue weighted by Gasteiger charge is 2.22. The molecule has 0 amide bonds. The van der Waals surface area contributed by atoms with E-state index in [0.29, 0.717) is 17.2 Å². The van der Waals surface area contributed by atoms with Gasteiger partial charge in [-0.25, -0.2) is 8.78 Å². The van der Waals surface area contributed by atoms with E-state index in [-0.39, 0.29) is 0 Å². The summed E-state index contributed by atoms with van der Waals surface area (Å²) < 4.78 is 32.3. The predicted octanol–water partition coefficient (Wildman–Crippen LogP) is 6.32. The minimum atomic E-state index is -0.830. The van der Waals surface area contributed by atoms with Gasteiger partial charge in [0.1, 0.15) is 5.75 Å². The molecule has 1 aliphatic rings. The van der Waals surface area contributed by atoms with Crippen molar-refractivity contribution in [3.05, 3.63) is 53.6 Å². The lowest BCUT2D eigenvalue weighted by Gasteiger charge is -2.28. The van der Waals surface area contributed by atoms with E-state index in [0.717, 1.165) is 11.5 Å². The van der Waals surface area contributed by atoms with Gasteiger partial charge < -0.3 is 4.74 Å². The van der Waals surface area contributed by atoms with E-state index >= 15 is 0 Å². The molecule has 128 valence electrons. The molecule has 0 bridgehead atoms. The van der Waals surface area contributed by atoms with Gasteiger partial charge in [0.25, 0.3) is 0 Å². The highest BCUT2D eigenvalue weighted by molar-refractivity contribution is 5.71. The average Bonchev–Trinajstić information content (AvgIpc) is 2.63. The summed E-state index contributed by atoms with van der Waals surface area (Å²) in [5.41, 5.74) is 2.74. The Morgan fingerprint density at radius 2 is 1.71 bits per heavy atom. The molecular weight excluding hydrogens is 306 g/mol. The zero-order valence-electron chi connectivity index (χ0n) is 14.3. The first-order valence-corrected chi connectivity index (χ1v) is 8.75. The molecular formula is C21H24F2O. The summed E-state index contributed by atoms with van der Waals surface area (Å²) in [6.45, 7) is 2.26. The van der Waals surface area contributed by atoms with Crippen LogP contribution < -0.4 is 4.74 Å². The van der Waals surface area contributed by atoms with Gasteiger partial charge in [-0.1, -0.05) is 25.5 Å². The third kappa shape index (κ3) is 3.45. The lowest BCUT2D eigenvalue weighted by atomic mass is 9.77. The molecule has 0 aliphatic heterocycles. The number of halogens is 2. The van der Waals surface area contributed by atoms with Crippen LogP contribution in [0.5, 0.6) is 5.75 Å². The summed E-state index contributed by atoms with van der Waals surface area (Å²) in [5.74, 6) is 0.426. The Morgan fingerprint density at radius 3 is 2.33 bits per heavy atom. The molecule has 0 atom stereocenters.